The molecule has 0 aromatic rings. The first-order chi connectivity index (χ1) is 3.72. The maximum Gasteiger partial charge on any atom is 0.0698 e. The van der Waals surface area contributed by atoms with Crippen LogP contribution in [-0.4, -0.2) is 16.5 Å². The Kier molecular flexibility index (Phi) is 4.01. The van der Waals surface area contributed by atoms with Crippen LogP contribution in [0.5, 0.6) is 0 Å². The van der Waals surface area contributed by atoms with Crippen molar-refractivity contribution in [2.75, 3.05) is 11.6 Å². The number of hydrogen-bond acceptors (Lipinski definition) is 1. The molecule has 0 aromatic heterocycles. The average Bonchev–Trinajstić information content (AvgIpc) is 1.84. The number of rotatable bonds is 2. The first-order valence-electron chi connectivity index (χ1n) is 2.36. The third-order valence-corrected chi connectivity index (χ3v) is 2.03. The van der Waals surface area contributed by atoms with E-state index in [1.54, 1.807) is 0 Å². The van der Waals surface area contributed by atoms with E-state index in [-0.39, 0.29) is 0 Å². The molecule has 0 bridgehead atoms. The zero-order chi connectivity index (χ0) is 6.57. The summed E-state index contributed by atoms with van der Waals surface area (Å²) < 4.78 is 0.992. The molecule has 0 aliphatic carbocycles. The van der Waals surface area contributed by atoms with Gasteiger partial charge in [0.2, 0.25) is 0 Å². The molecule has 0 aromatic carbocycles. The van der Waals surface area contributed by atoms with Crippen molar-refractivity contribution in [1.82, 2.24) is 4.90 Å². The Balaban J connectivity index is 3.82. The van der Waals surface area contributed by atoms with Crippen LogP contribution in [0.1, 0.15) is 6.92 Å². The van der Waals surface area contributed by atoms with Crippen LogP contribution in [0.2, 0.25) is 0 Å². The van der Waals surface area contributed by atoms with Crippen LogP contribution in [0.25, 0.3) is 0 Å². The number of alkyl halides is 1. The van der Waals surface area contributed by atoms with Crippen molar-refractivity contribution in [1.29, 1.82) is 0 Å². The van der Waals surface area contributed by atoms with E-state index in [1.807, 2.05) is 14.0 Å². The van der Waals surface area contributed by atoms with Gasteiger partial charge >= 0.3 is 0 Å². The fourth-order valence-corrected chi connectivity index (χ4v) is 0.736. The first kappa shape index (κ1) is 8.05. The Morgan fingerprint density at radius 3 is 2.50 bits per heavy atom. The fourth-order valence-electron chi connectivity index (χ4n) is 0.225. The van der Waals surface area contributed by atoms with Gasteiger partial charge < -0.3 is 4.90 Å². The minimum atomic E-state index is 0.992. The molecule has 2 heteroatoms. The summed E-state index contributed by atoms with van der Waals surface area (Å²) in [5.74, 6) is 0. The van der Waals surface area contributed by atoms with E-state index in [2.05, 4.69) is 39.8 Å². The lowest BCUT2D eigenvalue weighted by Gasteiger charge is -2.12. The quantitative estimate of drug-likeness (QED) is 0.299. The maximum absolute atomic E-state index is 3.52. The van der Waals surface area contributed by atoms with Gasteiger partial charge in [-0.05, 0) is 6.92 Å². The summed E-state index contributed by atoms with van der Waals surface area (Å²) in [5.41, 5.74) is 3.90. The van der Waals surface area contributed by atoms with Crippen molar-refractivity contribution >= 4 is 22.6 Å². The molecule has 0 N–H and O–H groups in total. The van der Waals surface area contributed by atoms with Gasteiger partial charge in [-0.15, -0.1) is 5.73 Å². The minimum Gasteiger partial charge on any atom is -0.363 e. The number of nitrogens with zero attached hydrogens (tertiary/aromatic N) is 1. The van der Waals surface area contributed by atoms with Crippen molar-refractivity contribution in [3.63, 3.8) is 0 Å². The highest BCUT2D eigenvalue weighted by atomic mass is 127. The first-order valence-corrected chi connectivity index (χ1v) is 3.88. The topological polar surface area (TPSA) is 3.24 Å². The molecule has 0 rings (SSSR count). The van der Waals surface area contributed by atoms with E-state index < -0.39 is 0 Å². The molecule has 0 amide bonds. The van der Waals surface area contributed by atoms with Gasteiger partial charge in [0.25, 0.3) is 0 Å². The van der Waals surface area contributed by atoms with Gasteiger partial charge in [-0.2, -0.15) is 0 Å². The normalized spacial score (nSPS) is 7.88. The monoisotopic (exact) mass is 223 g/mol. The average molecular weight is 223 g/mol. The molecule has 1 nitrogen and oxygen atoms in total. The lowest BCUT2D eigenvalue weighted by Crippen LogP contribution is -2.11. The van der Waals surface area contributed by atoms with Crippen molar-refractivity contribution in [2.24, 2.45) is 0 Å². The van der Waals surface area contributed by atoms with E-state index in [0.29, 0.717) is 0 Å². The summed E-state index contributed by atoms with van der Waals surface area (Å²) in [5, 5.41) is 0. The van der Waals surface area contributed by atoms with E-state index in [9.17, 15) is 0 Å². The molecule has 0 aliphatic heterocycles. The predicted octanol–water partition coefficient (Wildman–Crippen LogP) is 2.00. The summed E-state index contributed by atoms with van der Waals surface area (Å²) >= 11 is 2.29. The molecule has 0 aliphatic rings. The van der Waals surface area contributed by atoms with E-state index in [0.717, 1.165) is 10.2 Å². The highest BCUT2D eigenvalue weighted by molar-refractivity contribution is 14.1. The zero-order valence-electron chi connectivity index (χ0n) is 5.24. The fraction of sp³-hybridized carbons (Fsp3) is 0.500. The van der Waals surface area contributed by atoms with Gasteiger partial charge in [-0.1, -0.05) is 29.2 Å². The summed E-state index contributed by atoms with van der Waals surface area (Å²) in [6.45, 7) is 5.51. The smallest absolute Gasteiger partial charge is 0.0698 e. The van der Waals surface area contributed by atoms with E-state index >= 15 is 0 Å². The van der Waals surface area contributed by atoms with Crippen molar-refractivity contribution in [3.05, 3.63) is 18.0 Å². The molecule has 0 fully saturated rings. The van der Waals surface area contributed by atoms with Crippen LogP contribution in [0, 0.1) is 0 Å². The van der Waals surface area contributed by atoms with E-state index in [1.165, 1.54) is 0 Å². The Bertz CT molecular complexity index is 114. The van der Waals surface area contributed by atoms with Crippen molar-refractivity contribution < 1.29 is 0 Å². The molecule has 0 radical (unpaired) electrons. The Hall–Kier alpha value is 0.0500. The highest BCUT2D eigenvalue weighted by Gasteiger charge is 1.90. The van der Waals surface area contributed by atoms with Gasteiger partial charge in [0.1, 0.15) is 0 Å². The van der Waals surface area contributed by atoms with Crippen molar-refractivity contribution in [3.8, 4) is 0 Å². The molecule has 0 heterocycles. The molecule has 0 unspecified atom stereocenters. The molecule has 46 valence electrons. The Morgan fingerprint density at radius 2 is 2.38 bits per heavy atom. The van der Waals surface area contributed by atoms with Crippen LogP contribution < -0.4 is 0 Å². The zero-order valence-corrected chi connectivity index (χ0v) is 7.40. The lowest BCUT2D eigenvalue weighted by atomic mass is 10.5. The predicted molar refractivity (Wildman–Crippen MR) is 45.0 cm³/mol. The summed E-state index contributed by atoms with van der Waals surface area (Å²) in [4.78, 5) is 2.08. The third-order valence-electron chi connectivity index (χ3n) is 1.01. The van der Waals surface area contributed by atoms with Gasteiger partial charge in [0.05, 0.1) is 10.2 Å². The summed E-state index contributed by atoms with van der Waals surface area (Å²) in [6, 6.07) is 0. The second kappa shape index (κ2) is 3.98. The summed E-state index contributed by atoms with van der Waals surface area (Å²) in [6.07, 6.45) is 0. The lowest BCUT2D eigenvalue weighted by molar-refractivity contribution is 0.506. The van der Waals surface area contributed by atoms with Gasteiger partial charge in [-0.3, -0.25) is 0 Å². The van der Waals surface area contributed by atoms with Gasteiger partial charge in [0.15, 0.2) is 0 Å². The second-order valence-corrected chi connectivity index (χ2v) is 2.26. The van der Waals surface area contributed by atoms with Crippen LogP contribution in [0.15, 0.2) is 18.0 Å². The molecule has 0 saturated heterocycles. The van der Waals surface area contributed by atoms with Gasteiger partial charge in [0, 0.05) is 7.05 Å². The second-order valence-electron chi connectivity index (χ2n) is 1.58. The summed E-state index contributed by atoms with van der Waals surface area (Å²) in [7, 11) is 2.01. The van der Waals surface area contributed by atoms with Gasteiger partial charge in [-0.25, -0.2) is 0 Å². The van der Waals surface area contributed by atoms with Crippen molar-refractivity contribution in [2.45, 2.75) is 6.92 Å². The SMILES string of the molecule is C=C=C(C)N(C)CI. The Morgan fingerprint density at radius 1 is 1.88 bits per heavy atom. The Labute approximate surface area is 64.2 Å². The van der Waals surface area contributed by atoms with Crippen LogP contribution in [0.4, 0.5) is 0 Å². The molecule has 0 spiro atoms. The number of allylic oxidation sites excluding steroid dienone is 1. The molecule has 0 saturated carbocycles. The van der Waals surface area contributed by atoms with E-state index in [4.69, 9.17) is 0 Å². The number of halogens is 1. The van der Waals surface area contributed by atoms with Crippen LogP contribution in [0.3, 0.4) is 0 Å². The molecular weight excluding hydrogens is 213 g/mol. The molecule has 8 heavy (non-hydrogen) atoms. The molecular formula is C6H10IN. The van der Waals surface area contributed by atoms with Crippen LogP contribution >= 0.6 is 22.6 Å². The number of hydrogen-bond donors (Lipinski definition) is 0. The largest absolute Gasteiger partial charge is 0.363 e. The van der Waals surface area contributed by atoms with Crippen LogP contribution in [-0.2, 0) is 0 Å². The third kappa shape index (κ3) is 2.38. The minimum absolute atomic E-state index is 0.992. The highest BCUT2D eigenvalue weighted by Crippen LogP contribution is 1.98. The maximum atomic E-state index is 3.52. The standard InChI is InChI=1S/C6H10IN/c1-4-6(2)8(3)5-7/h1,5H2,2-3H3. The molecule has 0 atom stereocenters.